The molecule has 0 radical (unpaired) electrons. The first-order valence-corrected chi connectivity index (χ1v) is 10.1. The molecule has 0 N–H and O–H groups in total. The molecular weight excluding hydrogens is 284 g/mol. The maximum atomic E-state index is 12.0. The van der Waals surface area contributed by atoms with E-state index >= 15 is 0 Å². The molecule has 23 heavy (non-hydrogen) atoms. The first-order valence-electron chi connectivity index (χ1n) is 10.1. The van der Waals surface area contributed by atoms with Gasteiger partial charge in [0.2, 0.25) is 0 Å². The Morgan fingerprint density at radius 1 is 1.00 bits per heavy atom. The normalized spacial score (nSPS) is 52.7. The second-order valence-electron chi connectivity index (χ2n) is 9.47. The first-order chi connectivity index (χ1) is 11.0. The molecule has 4 saturated carbocycles. The zero-order valence-electron chi connectivity index (χ0n) is 15.3. The second kappa shape index (κ2) is 5.58. The van der Waals surface area contributed by atoms with Gasteiger partial charge in [-0.15, -0.1) is 0 Å². The molecule has 0 saturated heterocycles. The number of ether oxygens (including phenoxy) is 1. The Morgan fingerprint density at radius 2 is 1.78 bits per heavy atom. The molecule has 2 heteroatoms. The number of hydrogen-bond acceptors (Lipinski definition) is 2. The standard InChI is InChI=1S/C21H34O2/c1-4-23-19-8-7-17-16-6-5-14-13-15(22)9-11-20(14,2)18(16)10-12-21(17,19)3/h14,16-19H,4-13H2,1-3H3/t14-,16-,17-,18-,19-,20-,21-/m1/s1. The van der Waals surface area contributed by atoms with Crippen LogP contribution in [0, 0.1) is 34.5 Å². The number of ketones is 1. The Morgan fingerprint density at radius 3 is 2.57 bits per heavy atom. The minimum absolute atomic E-state index is 0.421. The molecule has 0 unspecified atom stereocenters. The zero-order valence-corrected chi connectivity index (χ0v) is 15.3. The monoisotopic (exact) mass is 318 g/mol. The third-order valence-corrected chi connectivity index (χ3v) is 8.76. The van der Waals surface area contributed by atoms with E-state index in [2.05, 4.69) is 20.8 Å². The molecule has 4 rings (SSSR count). The topological polar surface area (TPSA) is 26.3 Å². The van der Waals surface area contributed by atoms with Crippen LogP contribution in [0.3, 0.4) is 0 Å². The van der Waals surface area contributed by atoms with E-state index in [1.165, 1.54) is 38.5 Å². The van der Waals surface area contributed by atoms with Gasteiger partial charge in [-0.3, -0.25) is 4.79 Å². The molecule has 4 fully saturated rings. The van der Waals surface area contributed by atoms with E-state index in [1.807, 2.05) is 0 Å². The minimum atomic E-state index is 0.421. The van der Waals surface area contributed by atoms with Crippen molar-refractivity contribution in [3.63, 3.8) is 0 Å². The summed E-state index contributed by atoms with van der Waals surface area (Å²) in [5, 5.41) is 0. The molecule has 2 nitrogen and oxygen atoms in total. The maximum absolute atomic E-state index is 12.0. The average molecular weight is 319 g/mol. The quantitative estimate of drug-likeness (QED) is 0.716. The van der Waals surface area contributed by atoms with Crippen molar-refractivity contribution in [3.05, 3.63) is 0 Å². The summed E-state index contributed by atoms with van der Waals surface area (Å²) in [6, 6.07) is 0. The number of rotatable bonds is 2. The minimum Gasteiger partial charge on any atom is -0.378 e. The summed E-state index contributed by atoms with van der Waals surface area (Å²) < 4.78 is 6.16. The third kappa shape index (κ3) is 2.27. The van der Waals surface area contributed by atoms with E-state index in [1.54, 1.807) is 0 Å². The molecule has 0 aliphatic heterocycles. The van der Waals surface area contributed by atoms with Gasteiger partial charge < -0.3 is 4.74 Å². The lowest BCUT2D eigenvalue weighted by Gasteiger charge is -2.60. The predicted molar refractivity (Wildman–Crippen MR) is 92.1 cm³/mol. The highest BCUT2D eigenvalue weighted by atomic mass is 16.5. The van der Waals surface area contributed by atoms with Gasteiger partial charge >= 0.3 is 0 Å². The SMILES string of the molecule is CCO[C@@H]1CC[C@@H]2[C@H]3CC[C@@H]4CC(=O)CC[C@@]4(C)[C@@H]3CC[C@]21C. The third-order valence-electron chi connectivity index (χ3n) is 8.76. The van der Waals surface area contributed by atoms with Crippen molar-refractivity contribution in [2.45, 2.75) is 84.7 Å². The van der Waals surface area contributed by atoms with Crippen LogP contribution in [-0.2, 0) is 9.53 Å². The highest BCUT2D eigenvalue weighted by molar-refractivity contribution is 5.79. The smallest absolute Gasteiger partial charge is 0.133 e. The van der Waals surface area contributed by atoms with E-state index in [0.29, 0.717) is 28.6 Å². The van der Waals surface area contributed by atoms with Crippen molar-refractivity contribution in [1.29, 1.82) is 0 Å². The van der Waals surface area contributed by atoms with E-state index in [0.717, 1.165) is 43.6 Å². The molecule has 7 atom stereocenters. The van der Waals surface area contributed by atoms with Crippen LogP contribution < -0.4 is 0 Å². The fourth-order valence-corrected chi connectivity index (χ4v) is 7.47. The van der Waals surface area contributed by atoms with Crippen LogP contribution in [0.25, 0.3) is 0 Å². The molecule has 0 aromatic heterocycles. The van der Waals surface area contributed by atoms with Gasteiger partial charge in [-0.1, -0.05) is 13.8 Å². The zero-order chi connectivity index (χ0) is 16.2. The highest BCUT2D eigenvalue weighted by Crippen LogP contribution is 2.66. The lowest BCUT2D eigenvalue weighted by molar-refractivity contribution is -0.144. The lowest BCUT2D eigenvalue weighted by Crippen LogP contribution is -2.54. The van der Waals surface area contributed by atoms with E-state index in [4.69, 9.17) is 4.74 Å². The van der Waals surface area contributed by atoms with Crippen molar-refractivity contribution in [1.82, 2.24) is 0 Å². The Labute approximate surface area is 141 Å². The number of hydrogen-bond donors (Lipinski definition) is 0. The van der Waals surface area contributed by atoms with Crippen molar-refractivity contribution < 1.29 is 9.53 Å². The van der Waals surface area contributed by atoms with E-state index < -0.39 is 0 Å². The van der Waals surface area contributed by atoms with Gasteiger partial charge in [-0.05, 0) is 86.4 Å². The number of carbonyl (C=O) groups is 1. The predicted octanol–water partition coefficient (Wildman–Crippen LogP) is 5.00. The molecular formula is C21H34O2. The summed E-state index contributed by atoms with van der Waals surface area (Å²) in [5.41, 5.74) is 0.868. The molecule has 0 amide bonds. The number of Topliss-reactive ketones (excluding diaryl/α,β-unsaturated/α-hetero) is 1. The van der Waals surface area contributed by atoms with Crippen molar-refractivity contribution in [3.8, 4) is 0 Å². The number of carbonyl (C=O) groups excluding carboxylic acids is 1. The summed E-state index contributed by atoms with van der Waals surface area (Å²) in [7, 11) is 0. The van der Waals surface area contributed by atoms with Crippen LogP contribution in [-0.4, -0.2) is 18.5 Å². The van der Waals surface area contributed by atoms with Crippen LogP contribution >= 0.6 is 0 Å². The summed E-state index contributed by atoms with van der Waals surface area (Å²) in [6.45, 7) is 8.08. The largest absolute Gasteiger partial charge is 0.378 e. The Hall–Kier alpha value is -0.370. The van der Waals surface area contributed by atoms with Crippen molar-refractivity contribution >= 4 is 5.78 Å². The fraction of sp³-hybridized carbons (Fsp3) is 0.952. The van der Waals surface area contributed by atoms with Crippen molar-refractivity contribution in [2.24, 2.45) is 34.5 Å². The molecule has 4 aliphatic carbocycles. The number of fused-ring (bicyclic) bond motifs is 5. The lowest BCUT2D eigenvalue weighted by atomic mass is 9.45. The van der Waals surface area contributed by atoms with Crippen LogP contribution in [0.5, 0.6) is 0 Å². The first kappa shape index (κ1) is 16.1. The molecule has 0 aromatic rings. The highest BCUT2D eigenvalue weighted by Gasteiger charge is 2.60. The maximum Gasteiger partial charge on any atom is 0.133 e. The second-order valence-corrected chi connectivity index (χ2v) is 9.47. The van der Waals surface area contributed by atoms with Crippen LogP contribution in [0.15, 0.2) is 0 Å². The van der Waals surface area contributed by atoms with Gasteiger partial charge in [-0.2, -0.15) is 0 Å². The van der Waals surface area contributed by atoms with Crippen LogP contribution in [0.4, 0.5) is 0 Å². The summed E-state index contributed by atoms with van der Waals surface area (Å²) in [4.78, 5) is 12.0. The van der Waals surface area contributed by atoms with Gasteiger partial charge in [0, 0.05) is 19.4 Å². The summed E-state index contributed by atoms with van der Waals surface area (Å²) in [5.74, 6) is 3.84. The Kier molecular flexibility index (Phi) is 3.91. The molecule has 0 bridgehead atoms. The fourth-order valence-electron chi connectivity index (χ4n) is 7.47. The van der Waals surface area contributed by atoms with Gasteiger partial charge in [0.1, 0.15) is 5.78 Å². The van der Waals surface area contributed by atoms with Gasteiger partial charge in [0.05, 0.1) is 6.10 Å². The van der Waals surface area contributed by atoms with Gasteiger partial charge in [-0.25, -0.2) is 0 Å². The average Bonchev–Trinajstić information content (AvgIpc) is 2.85. The summed E-state index contributed by atoms with van der Waals surface area (Å²) in [6.07, 6.45) is 11.4. The molecule has 130 valence electrons. The van der Waals surface area contributed by atoms with Crippen molar-refractivity contribution in [2.75, 3.05) is 6.61 Å². The molecule has 4 aliphatic rings. The van der Waals surface area contributed by atoms with Gasteiger partial charge in [0.15, 0.2) is 0 Å². The molecule has 0 spiro atoms. The Bertz CT molecular complexity index is 486. The van der Waals surface area contributed by atoms with E-state index in [-0.39, 0.29) is 0 Å². The van der Waals surface area contributed by atoms with Gasteiger partial charge in [0.25, 0.3) is 0 Å². The Balaban J connectivity index is 1.59. The molecule has 0 heterocycles. The summed E-state index contributed by atoms with van der Waals surface area (Å²) >= 11 is 0. The van der Waals surface area contributed by atoms with Crippen LogP contribution in [0.2, 0.25) is 0 Å². The molecule has 0 aromatic carbocycles. The van der Waals surface area contributed by atoms with Crippen LogP contribution in [0.1, 0.15) is 78.6 Å². The van der Waals surface area contributed by atoms with E-state index in [9.17, 15) is 4.79 Å².